The highest BCUT2D eigenvalue weighted by molar-refractivity contribution is 6.00. The van der Waals surface area contributed by atoms with Gasteiger partial charge in [-0.15, -0.1) is 0 Å². The molecule has 116 valence electrons. The van der Waals surface area contributed by atoms with E-state index in [0.29, 0.717) is 11.6 Å². The first-order chi connectivity index (χ1) is 11.1. The van der Waals surface area contributed by atoms with Gasteiger partial charge in [-0.1, -0.05) is 0 Å². The molecule has 0 radical (unpaired) electrons. The average molecular weight is 309 g/mol. The lowest BCUT2D eigenvalue weighted by Crippen LogP contribution is -2.41. The van der Waals surface area contributed by atoms with Crippen LogP contribution in [-0.4, -0.2) is 34.2 Å². The Balaban J connectivity index is 1.70. The zero-order valence-corrected chi connectivity index (χ0v) is 12.7. The molecule has 0 spiro atoms. The molecule has 2 aromatic heterocycles. The number of hydrogen-bond donors (Lipinski definition) is 2. The number of nitrogens with one attached hydrogen (secondary N) is 2. The molecule has 0 aliphatic carbocycles. The number of benzene rings is 1. The smallest absolute Gasteiger partial charge is 0.267 e. The Labute approximate surface area is 132 Å². The number of hydrogen-bond acceptors (Lipinski definition) is 5. The maximum atomic E-state index is 12.0. The van der Waals surface area contributed by atoms with E-state index in [1.165, 1.54) is 0 Å². The maximum Gasteiger partial charge on any atom is 0.267 e. The third-order valence-corrected chi connectivity index (χ3v) is 3.89. The van der Waals surface area contributed by atoms with Crippen LogP contribution in [0.5, 0.6) is 5.75 Å². The lowest BCUT2D eigenvalue weighted by molar-refractivity contribution is -0.125. The minimum absolute atomic E-state index is 0.0680. The zero-order chi connectivity index (χ0) is 16.0. The number of pyridine rings is 1. The summed E-state index contributed by atoms with van der Waals surface area (Å²) in [5.74, 6) is 1.26. The molecule has 1 unspecified atom stereocenters. The highest BCUT2D eigenvalue weighted by atomic mass is 16.5. The molecule has 1 aliphatic rings. The second-order valence-corrected chi connectivity index (χ2v) is 5.44. The second kappa shape index (κ2) is 4.98. The van der Waals surface area contributed by atoms with Crippen molar-refractivity contribution in [3.8, 4) is 5.75 Å². The third kappa shape index (κ3) is 2.17. The van der Waals surface area contributed by atoms with Crippen LogP contribution in [0, 0.1) is 0 Å². The Morgan fingerprint density at radius 1 is 1.35 bits per heavy atom. The molecule has 1 aromatic carbocycles. The lowest BCUT2D eigenvalue weighted by atomic mass is 10.2. The van der Waals surface area contributed by atoms with Gasteiger partial charge in [-0.2, -0.15) is 5.10 Å². The number of carbonyl (C=O) groups is 1. The van der Waals surface area contributed by atoms with Crippen molar-refractivity contribution in [2.24, 2.45) is 0 Å². The predicted octanol–water partition coefficient (Wildman–Crippen LogP) is 2.45. The van der Waals surface area contributed by atoms with Crippen molar-refractivity contribution in [3.63, 3.8) is 0 Å². The molecule has 3 aromatic rings. The van der Waals surface area contributed by atoms with Crippen molar-refractivity contribution in [2.45, 2.75) is 13.0 Å². The zero-order valence-electron chi connectivity index (χ0n) is 12.7. The number of likely N-dealkylation sites (N-methyl/N-ethyl adjacent to an activating group) is 1. The van der Waals surface area contributed by atoms with Crippen molar-refractivity contribution in [1.82, 2.24) is 15.2 Å². The van der Waals surface area contributed by atoms with Gasteiger partial charge in [0.2, 0.25) is 0 Å². The molecule has 7 heteroatoms. The van der Waals surface area contributed by atoms with Crippen molar-refractivity contribution in [3.05, 3.63) is 36.5 Å². The molecule has 4 rings (SSSR count). The molecule has 0 saturated heterocycles. The first kappa shape index (κ1) is 13.6. The van der Waals surface area contributed by atoms with E-state index >= 15 is 0 Å². The van der Waals surface area contributed by atoms with Gasteiger partial charge in [0.25, 0.3) is 5.91 Å². The van der Waals surface area contributed by atoms with Crippen LogP contribution in [-0.2, 0) is 4.79 Å². The van der Waals surface area contributed by atoms with Gasteiger partial charge >= 0.3 is 0 Å². The fourth-order valence-electron chi connectivity index (χ4n) is 2.67. The van der Waals surface area contributed by atoms with Crippen molar-refractivity contribution >= 4 is 34.1 Å². The number of nitrogens with zero attached hydrogens (tertiary/aromatic N) is 3. The highest BCUT2D eigenvalue weighted by Gasteiger charge is 2.29. The van der Waals surface area contributed by atoms with E-state index in [0.717, 1.165) is 22.4 Å². The van der Waals surface area contributed by atoms with Gasteiger partial charge in [0.05, 0.1) is 11.2 Å². The Bertz CT molecular complexity index is 904. The van der Waals surface area contributed by atoms with Crippen molar-refractivity contribution in [2.75, 3.05) is 17.3 Å². The molecule has 0 saturated carbocycles. The summed E-state index contributed by atoms with van der Waals surface area (Å²) >= 11 is 0. The lowest BCUT2D eigenvalue weighted by Gasteiger charge is -2.30. The van der Waals surface area contributed by atoms with Crippen LogP contribution >= 0.6 is 0 Å². The molecule has 1 atom stereocenters. The van der Waals surface area contributed by atoms with Crippen LogP contribution in [0.2, 0.25) is 0 Å². The van der Waals surface area contributed by atoms with Crippen LogP contribution in [0.25, 0.3) is 11.0 Å². The summed E-state index contributed by atoms with van der Waals surface area (Å²) in [6, 6.07) is 9.36. The number of rotatable bonds is 2. The fraction of sp³-hybridized carbons (Fsp3) is 0.188. The number of carbonyl (C=O) groups excluding carboxylic acids is 1. The topological polar surface area (TPSA) is 83.1 Å². The Hall–Kier alpha value is -3.09. The normalized spacial score (nSPS) is 17.0. The predicted molar refractivity (Wildman–Crippen MR) is 87.1 cm³/mol. The number of H-pyrrole nitrogens is 1. The quantitative estimate of drug-likeness (QED) is 0.759. The summed E-state index contributed by atoms with van der Waals surface area (Å²) in [6.45, 7) is 1.75. The van der Waals surface area contributed by atoms with Crippen LogP contribution < -0.4 is 15.0 Å². The van der Waals surface area contributed by atoms with Crippen LogP contribution in [0.4, 0.5) is 17.2 Å². The van der Waals surface area contributed by atoms with Gasteiger partial charge in [0.1, 0.15) is 11.3 Å². The summed E-state index contributed by atoms with van der Waals surface area (Å²) in [5, 5.41) is 10.4. The van der Waals surface area contributed by atoms with Gasteiger partial charge in [-0.3, -0.25) is 14.9 Å². The molecule has 0 bridgehead atoms. The summed E-state index contributed by atoms with van der Waals surface area (Å²) in [7, 11) is 1.75. The Morgan fingerprint density at radius 3 is 3.09 bits per heavy atom. The van der Waals surface area contributed by atoms with Gasteiger partial charge in [0, 0.05) is 18.9 Å². The Kier molecular flexibility index (Phi) is 2.94. The SMILES string of the molecule is CC1Oc2ccc(Nc3n[nH]c4cccnc34)cc2N(C)C1=O. The van der Waals surface area contributed by atoms with Crippen LogP contribution in [0.1, 0.15) is 6.92 Å². The van der Waals surface area contributed by atoms with Crippen LogP contribution in [0.3, 0.4) is 0 Å². The molecule has 0 fully saturated rings. The van der Waals surface area contributed by atoms with E-state index in [1.807, 2.05) is 30.3 Å². The van der Waals surface area contributed by atoms with Gasteiger partial charge in [-0.25, -0.2) is 0 Å². The molecule has 23 heavy (non-hydrogen) atoms. The molecule has 7 nitrogen and oxygen atoms in total. The van der Waals surface area contributed by atoms with Crippen LogP contribution in [0.15, 0.2) is 36.5 Å². The minimum atomic E-state index is -0.467. The maximum absolute atomic E-state index is 12.0. The van der Waals surface area contributed by atoms with E-state index in [1.54, 1.807) is 25.1 Å². The molecular formula is C16H15N5O2. The number of ether oxygens (including phenoxy) is 1. The number of aromatic nitrogens is 3. The summed E-state index contributed by atoms with van der Waals surface area (Å²) in [6.07, 6.45) is 1.25. The molecule has 1 aliphatic heterocycles. The van der Waals surface area contributed by atoms with E-state index in [-0.39, 0.29) is 5.91 Å². The summed E-state index contributed by atoms with van der Waals surface area (Å²) in [4.78, 5) is 18.0. The molecule has 2 N–H and O–H groups in total. The van der Waals surface area contributed by atoms with Gasteiger partial charge in [-0.05, 0) is 37.3 Å². The summed E-state index contributed by atoms with van der Waals surface area (Å²) in [5.41, 5.74) is 3.16. The molecule has 1 amide bonds. The van der Waals surface area contributed by atoms with E-state index < -0.39 is 6.10 Å². The monoisotopic (exact) mass is 309 g/mol. The number of fused-ring (bicyclic) bond motifs is 2. The van der Waals surface area contributed by atoms with E-state index in [4.69, 9.17) is 4.74 Å². The van der Waals surface area contributed by atoms with Gasteiger partial charge in [0.15, 0.2) is 11.9 Å². The molecular weight excluding hydrogens is 294 g/mol. The highest BCUT2D eigenvalue weighted by Crippen LogP contribution is 2.36. The average Bonchev–Trinajstić information content (AvgIpc) is 2.97. The van der Waals surface area contributed by atoms with Gasteiger partial charge < -0.3 is 15.0 Å². The minimum Gasteiger partial charge on any atom is -0.479 e. The second-order valence-electron chi connectivity index (χ2n) is 5.44. The largest absolute Gasteiger partial charge is 0.479 e. The molecule has 3 heterocycles. The van der Waals surface area contributed by atoms with Crippen molar-refractivity contribution < 1.29 is 9.53 Å². The number of amides is 1. The first-order valence-electron chi connectivity index (χ1n) is 7.28. The number of aromatic amines is 1. The number of anilines is 3. The van der Waals surface area contributed by atoms with Crippen molar-refractivity contribution in [1.29, 1.82) is 0 Å². The first-order valence-corrected chi connectivity index (χ1v) is 7.28. The van der Waals surface area contributed by atoms with E-state index in [9.17, 15) is 4.79 Å². The third-order valence-electron chi connectivity index (χ3n) is 3.89. The Morgan fingerprint density at radius 2 is 2.22 bits per heavy atom. The fourth-order valence-corrected chi connectivity index (χ4v) is 2.67. The van der Waals surface area contributed by atoms with E-state index in [2.05, 4.69) is 20.5 Å². The standard InChI is InChI=1S/C16H15N5O2/c1-9-16(22)21(2)12-8-10(5-6-13(12)23-9)18-15-14-11(19-20-15)4-3-7-17-14/h3-9H,1-2H3,(H2,18,19,20). The summed E-state index contributed by atoms with van der Waals surface area (Å²) < 4.78 is 5.62.